The summed E-state index contributed by atoms with van der Waals surface area (Å²) >= 11 is 0. The molecule has 1 aromatic rings. The topological polar surface area (TPSA) is 101 Å². The molecule has 1 unspecified atom stereocenters. The summed E-state index contributed by atoms with van der Waals surface area (Å²) in [6.45, 7) is 3.07. The molecule has 20 heavy (non-hydrogen) atoms. The van der Waals surface area contributed by atoms with E-state index < -0.39 is 39.1 Å². The number of sulfone groups is 1. The van der Waals surface area contributed by atoms with Gasteiger partial charge in [0.1, 0.15) is 5.75 Å². The second-order valence-electron chi connectivity index (χ2n) is 4.58. The van der Waals surface area contributed by atoms with Gasteiger partial charge in [-0.1, -0.05) is 18.2 Å². The molecule has 0 heterocycles. The molecule has 1 atom stereocenters. The average molecular weight is 299 g/mol. The molecule has 0 aromatic heterocycles. The molecule has 6 nitrogen and oxygen atoms in total. The molecule has 2 N–H and O–H groups in total. The van der Waals surface area contributed by atoms with E-state index in [0.29, 0.717) is 5.69 Å². The van der Waals surface area contributed by atoms with Gasteiger partial charge >= 0.3 is 5.97 Å². The zero-order valence-corrected chi connectivity index (χ0v) is 12.1. The smallest absolute Gasteiger partial charge is 0.304 e. The Morgan fingerprint density at radius 3 is 2.45 bits per heavy atom. The fourth-order valence-electron chi connectivity index (χ4n) is 1.60. The number of carboxylic acids is 1. The van der Waals surface area contributed by atoms with Crippen molar-refractivity contribution in [2.45, 2.75) is 25.5 Å². The van der Waals surface area contributed by atoms with E-state index in [4.69, 9.17) is 5.11 Å². The Morgan fingerprint density at radius 1 is 1.30 bits per heavy atom. The zero-order valence-electron chi connectivity index (χ0n) is 11.3. The van der Waals surface area contributed by atoms with Crippen LogP contribution in [0.4, 0.5) is 5.69 Å². The van der Waals surface area contributed by atoms with Gasteiger partial charge in [-0.3, -0.25) is 9.59 Å². The van der Waals surface area contributed by atoms with Crippen molar-refractivity contribution in [2.75, 3.05) is 11.1 Å². The van der Waals surface area contributed by atoms with Gasteiger partial charge in [-0.05, 0) is 25.5 Å². The summed E-state index contributed by atoms with van der Waals surface area (Å²) in [6.07, 6.45) is -0.514. The number of amides is 1. The van der Waals surface area contributed by atoms with Crippen LogP contribution in [0.2, 0.25) is 0 Å². The Balaban J connectivity index is 2.71. The predicted molar refractivity (Wildman–Crippen MR) is 75.3 cm³/mol. The highest BCUT2D eigenvalue weighted by Gasteiger charge is 2.26. The minimum Gasteiger partial charge on any atom is -0.481 e. The first kappa shape index (κ1) is 16.2. The summed E-state index contributed by atoms with van der Waals surface area (Å²) < 4.78 is 23.7. The lowest BCUT2D eigenvalue weighted by Crippen LogP contribution is -2.30. The highest BCUT2D eigenvalue weighted by Crippen LogP contribution is 2.14. The lowest BCUT2D eigenvalue weighted by Gasteiger charge is -2.12. The van der Waals surface area contributed by atoms with Crippen molar-refractivity contribution in [1.82, 2.24) is 0 Å². The van der Waals surface area contributed by atoms with Gasteiger partial charge in [0.15, 0.2) is 9.84 Å². The number of benzene rings is 1. The molecule has 7 heteroatoms. The van der Waals surface area contributed by atoms with Gasteiger partial charge in [0.25, 0.3) is 0 Å². The van der Waals surface area contributed by atoms with Crippen molar-refractivity contribution in [3.05, 3.63) is 29.8 Å². The number of hydrogen-bond acceptors (Lipinski definition) is 4. The molecule has 0 bridgehead atoms. The third kappa shape index (κ3) is 4.65. The van der Waals surface area contributed by atoms with E-state index in [1.807, 2.05) is 0 Å². The number of para-hydroxylation sites is 1. The molecule has 110 valence electrons. The molecule has 0 aliphatic rings. The first-order chi connectivity index (χ1) is 9.22. The van der Waals surface area contributed by atoms with Crippen molar-refractivity contribution in [3.63, 3.8) is 0 Å². The lowest BCUT2D eigenvalue weighted by molar-refractivity contribution is -0.137. The van der Waals surface area contributed by atoms with Crippen molar-refractivity contribution in [2.24, 2.45) is 0 Å². The van der Waals surface area contributed by atoms with Crippen LogP contribution in [0.3, 0.4) is 0 Å². The summed E-state index contributed by atoms with van der Waals surface area (Å²) in [6, 6.07) is 6.98. The number of aliphatic carboxylic acids is 1. The summed E-state index contributed by atoms with van der Waals surface area (Å²) in [5, 5.41) is 10.0. The molecular weight excluding hydrogens is 282 g/mol. The molecule has 1 rings (SSSR count). The molecule has 0 saturated heterocycles. The number of rotatable bonds is 6. The molecule has 0 saturated carbocycles. The minimum absolute atomic E-state index is 0.514. The standard InChI is InChI=1S/C13H17NO5S/c1-9-5-3-4-6-11(9)14-12(15)8-20(18,19)10(2)7-13(16)17/h3-6,10H,7-8H2,1-2H3,(H,14,15)(H,16,17). The molecular formula is C13H17NO5S. The molecule has 1 aromatic carbocycles. The van der Waals surface area contributed by atoms with Gasteiger partial charge in [0.2, 0.25) is 5.91 Å². The Bertz CT molecular complexity index is 609. The van der Waals surface area contributed by atoms with Crippen LogP contribution in [0.5, 0.6) is 0 Å². The van der Waals surface area contributed by atoms with Crippen molar-refractivity contribution in [3.8, 4) is 0 Å². The van der Waals surface area contributed by atoms with E-state index in [2.05, 4.69) is 5.32 Å². The predicted octanol–water partition coefficient (Wildman–Crippen LogP) is 1.21. The summed E-state index contributed by atoms with van der Waals surface area (Å²) in [7, 11) is -3.78. The van der Waals surface area contributed by atoms with E-state index in [-0.39, 0.29) is 0 Å². The van der Waals surface area contributed by atoms with Gasteiger partial charge < -0.3 is 10.4 Å². The molecule has 1 amide bonds. The number of carbonyl (C=O) groups is 2. The first-order valence-corrected chi connectivity index (χ1v) is 7.73. The van der Waals surface area contributed by atoms with Gasteiger partial charge in [0.05, 0.1) is 11.7 Å². The third-order valence-corrected chi connectivity index (χ3v) is 4.88. The van der Waals surface area contributed by atoms with E-state index in [1.165, 1.54) is 6.92 Å². The molecule has 0 fully saturated rings. The summed E-state index contributed by atoms with van der Waals surface area (Å²) in [5.74, 6) is -2.60. The number of carbonyl (C=O) groups excluding carboxylic acids is 1. The first-order valence-electron chi connectivity index (χ1n) is 6.01. The second kappa shape index (κ2) is 6.51. The van der Waals surface area contributed by atoms with Crippen LogP contribution in [0.15, 0.2) is 24.3 Å². The van der Waals surface area contributed by atoms with Crippen LogP contribution in [0.25, 0.3) is 0 Å². The second-order valence-corrected chi connectivity index (χ2v) is 7.00. The fraction of sp³-hybridized carbons (Fsp3) is 0.385. The van der Waals surface area contributed by atoms with E-state index in [1.54, 1.807) is 31.2 Å². The Morgan fingerprint density at radius 2 is 1.90 bits per heavy atom. The molecule has 0 aliphatic carbocycles. The monoisotopic (exact) mass is 299 g/mol. The zero-order chi connectivity index (χ0) is 15.3. The average Bonchev–Trinajstić information content (AvgIpc) is 2.30. The summed E-state index contributed by atoms with van der Waals surface area (Å²) in [4.78, 5) is 22.2. The van der Waals surface area contributed by atoms with Crippen molar-refractivity contribution >= 4 is 27.4 Å². The van der Waals surface area contributed by atoms with Crippen molar-refractivity contribution < 1.29 is 23.1 Å². The van der Waals surface area contributed by atoms with Crippen LogP contribution >= 0.6 is 0 Å². The van der Waals surface area contributed by atoms with Crippen LogP contribution in [-0.2, 0) is 19.4 Å². The maximum absolute atomic E-state index is 11.8. The minimum atomic E-state index is -3.78. The van der Waals surface area contributed by atoms with Crippen LogP contribution < -0.4 is 5.32 Å². The number of anilines is 1. The molecule has 0 spiro atoms. The maximum Gasteiger partial charge on any atom is 0.304 e. The van der Waals surface area contributed by atoms with E-state index in [0.717, 1.165) is 5.56 Å². The largest absolute Gasteiger partial charge is 0.481 e. The van der Waals surface area contributed by atoms with Crippen molar-refractivity contribution in [1.29, 1.82) is 0 Å². The molecule has 0 radical (unpaired) electrons. The normalized spacial score (nSPS) is 12.7. The number of carboxylic acid groups (broad SMARTS) is 1. The maximum atomic E-state index is 11.8. The van der Waals surface area contributed by atoms with Gasteiger partial charge in [-0.2, -0.15) is 0 Å². The van der Waals surface area contributed by atoms with E-state index in [9.17, 15) is 18.0 Å². The van der Waals surface area contributed by atoms with Crippen LogP contribution in [0, 0.1) is 6.92 Å². The summed E-state index contributed by atoms with van der Waals surface area (Å²) in [5.41, 5.74) is 1.36. The molecule has 0 aliphatic heterocycles. The van der Waals surface area contributed by atoms with Gasteiger partial charge in [-0.25, -0.2) is 8.42 Å². The SMILES string of the molecule is Cc1ccccc1NC(=O)CS(=O)(=O)C(C)CC(=O)O. The quantitative estimate of drug-likeness (QED) is 0.822. The number of aryl methyl sites for hydroxylation is 1. The number of hydrogen-bond donors (Lipinski definition) is 2. The van der Waals surface area contributed by atoms with Gasteiger partial charge in [-0.15, -0.1) is 0 Å². The van der Waals surface area contributed by atoms with E-state index >= 15 is 0 Å². The highest BCUT2D eigenvalue weighted by molar-refractivity contribution is 7.92. The van der Waals surface area contributed by atoms with Crippen LogP contribution in [0.1, 0.15) is 18.9 Å². The Hall–Kier alpha value is -1.89. The lowest BCUT2D eigenvalue weighted by atomic mass is 10.2. The fourth-order valence-corrected chi connectivity index (χ4v) is 2.72. The Labute approximate surface area is 117 Å². The highest BCUT2D eigenvalue weighted by atomic mass is 32.2. The van der Waals surface area contributed by atoms with Crippen LogP contribution in [-0.4, -0.2) is 36.4 Å². The van der Waals surface area contributed by atoms with Gasteiger partial charge in [0, 0.05) is 5.69 Å². The number of nitrogens with one attached hydrogen (secondary N) is 1. The Kier molecular flexibility index (Phi) is 5.26. The third-order valence-electron chi connectivity index (χ3n) is 2.83.